The fourth-order valence-corrected chi connectivity index (χ4v) is 2.82. The van der Waals surface area contributed by atoms with Crippen molar-refractivity contribution in [1.82, 2.24) is 14.9 Å². The first kappa shape index (κ1) is 14.8. The molecule has 1 unspecified atom stereocenters. The first-order chi connectivity index (χ1) is 9.29. The van der Waals surface area contributed by atoms with Crippen molar-refractivity contribution in [2.75, 3.05) is 6.54 Å². The third-order valence-corrected chi connectivity index (χ3v) is 3.99. The lowest BCUT2D eigenvalue weighted by Crippen LogP contribution is -2.58. The number of carboxylic acid groups (broad SMARTS) is 1. The summed E-state index contributed by atoms with van der Waals surface area (Å²) in [5.74, 6) is 0.487. The number of nitrogens with zero attached hydrogens (tertiary/aromatic N) is 3. The van der Waals surface area contributed by atoms with E-state index >= 15 is 0 Å². The molecule has 0 spiro atoms. The molecule has 1 aromatic rings. The van der Waals surface area contributed by atoms with E-state index in [1.54, 1.807) is 0 Å². The zero-order valence-electron chi connectivity index (χ0n) is 11.8. The van der Waals surface area contributed by atoms with E-state index in [4.69, 9.17) is 11.6 Å². The lowest BCUT2D eigenvalue weighted by molar-refractivity contribution is -0.00555. The van der Waals surface area contributed by atoms with Crippen LogP contribution in [0.5, 0.6) is 0 Å². The molecular formula is C14H18ClN3O2. The van der Waals surface area contributed by atoms with Gasteiger partial charge in [0.05, 0.1) is 5.02 Å². The first-order valence-electron chi connectivity index (χ1n) is 6.42. The van der Waals surface area contributed by atoms with Gasteiger partial charge in [-0.1, -0.05) is 44.5 Å². The van der Waals surface area contributed by atoms with Gasteiger partial charge in [-0.3, -0.25) is 4.90 Å². The Morgan fingerprint density at radius 1 is 1.35 bits per heavy atom. The van der Waals surface area contributed by atoms with Gasteiger partial charge in [-0.25, -0.2) is 14.8 Å². The van der Waals surface area contributed by atoms with Gasteiger partial charge in [-0.15, -0.1) is 0 Å². The molecule has 5 nitrogen and oxygen atoms in total. The minimum atomic E-state index is -0.970. The predicted molar refractivity (Wildman–Crippen MR) is 76.7 cm³/mol. The molecule has 2 heterocycles. The highest BCUT2D eigenvalue weighted by molar-refractivity contribution is 6.30. The maximum atomic E-state index is 11.7. The Morgan fingerprint density at radius 2 is 1.95 bits per heavy atom. The van der Waals surface area contributed by atoms with Crippen LogP contribution in [0.25, 0.3) is 0 Å². The fourth-order valence-electron chi connectivity index (χ4n) is 2.73. The fraction of sp³-hybridized carbons (Fsp3) is 0.500. The highest BCUT2D eigenvalue weighted by atomic mass is 35.5. The highest BCUT2D eigenvalue weighted by Crippen LogP contribution is 2.47. The van der Waals surface area contributed by atoms with E-state index in [9.17, 15) is 9.90 Å². The average molecular weight is 296 g/mol. The molecule has 1 atom stereocenters. The van der Waals surface area contributed by atoms with Gasteiger partial charge >= 0.3 is 6.09 Å². The van der Waals surface area contributed by atoms with E-state index in [0.29, 0.717) is 23.8 Å². The van der Waals surface area contributed by atoms with Crippen molar-refractivity contribution >= 4 is 17.7 Å². The van der Waals surface area contributed by atoms with Crippen molar-refractivity contribution in [3.05, 3.63) is 35.4 Å². The normalized spacial score (nSPS) is 22.9. The molecule has 0 fully saturated rings. The third kappa shape index (κ3) is 2.26. The summed E-state index contributed by atoms with van der Waals surface area (Å²) in [5, 5.41) is 10.00. The van der Waals surface area contributed by atoms with E-state index in [2.05, 4.69) is 9.97 Å². The number of hydrogen-bond donors (Lipinski definition) is 1. The second kappa shape index (κ2) is 5.05. The Bertz CT molecular complexity index is 536. The van der Waals surface area contributed by atoms with Crippen molar-refractivity contribution in [3.8, 4) is 0 Å². The van der Waals surface area contributed by atoms with Gasteiger partial charge in [0.2, 0.25) is 0 Å². The molecule has 1 N–H and O–H groups in total. The highest BCUT2D eigenvalue weighted by Gasteiger charge is 2.52. The molecular weight excluding hydrogens is 278 g/mol. The molecule has 1 amide bonds. The third-order valence-electron chi connectivity index (χ3n) is 3.79. The maximum absolute atomic E-state index is 11.7. The van der Waals surface area contributed by atoms with E-state index < -0.39 is 11.6 Å². The van der Waals surface area contributed by atoms with Crippen LogP contribution in [0.15, 0.2) is 24.5 Å². The van der Waals surface area contributed by atoms with Crippen LogP contribution in [-0.2, 0) is 5.54 Å². The smallest absolute Gasteiger partial charge is 0.408 e. The number of amides is 1. The van der Waals surface area contributed by atoms with E-state index in [-0.39, 0.29) is 5.41 Å². The summed E-state index contributed by atoms with van der Waals surface area (Å²) in [6, 6.07) is 0. The number of carbonyl (C=O) groups is 1. The van der Waals surface area contributed by atoms with Crippen LogP contribution in [0.3, 0.4) is 0 Å². The molecule has 0 aliphatic carbocycles. The molecule has 20 heavy (non-hydrogen) atoms. The van der Waals surface area contributed by atoms with Crippen LogP contribution in [-0.4, -0.2) is 32.6 Å². The Labute approximate surface area is 123 Å². The standard InChI is InChI=1S/C14H18ClN3O2/c1-13(2,3)14(11-16-8-10(15)9-17-11)6-4-5-7-18(14)12(19)20/h4-5,8-9H,6-7H2,1-3H3,(H,19,20). The van der Waals surface area contributed by atoms with Crippen LogP contribution in [0, 0.1) is 5.41 Å². The second-order valence-electron chi connectivity index (χ2n) is 5.90. The Hall–Kier alpha value is -1.62. The summed E-state index contributed by atoms with van der Waals surface area (Å²) in [4.78, 5) is 21.7. The van der Waals surface area contributed by atoms with Crippen molar-refractivity contribution in [2.24, 2.45) is 5.41 Å². The minimum Gasteiger partial charge on any atom is -0.465 e. The predicted octanol–water partition coefficient (Wildman–Crippen LogP) is 3.31. The minimum absolute atomic E-state index is 0.332. The molecule has 1 aliphatic heterocycles. The molecule has 0 saturated heterocycles. The number of rotatable bonds is 1. The topological polar surface area (TPSA) is 66.3 Å². The summed E-state index contributed by atoms with van der Waals surface area (Å²) in [7, 11) is 0. The molecule has 1 aliphatic rings. The van der Waals surface area contributed by atoms with Crippen LogP contribution in [0.1, 0.15) is 33.0 Å². The summed E-state index contributed by atoms with van der Waals surface area (Å²) in [6.07, 6.45) is 6.44. The van der Waals surface area contributed by atoms with Crippen LogP contribution in [0.4, 0.5) is 4.79 Å². The SMILES string of the molecule is CC(C)(C)C1(c2ncc(Cl)cn2)CC=CCN1C(=O)O. The summed E-state index contributed by atoms with van der Waals surface area (Å²) < 4.78 is 0. The molecule has 0 radical (unpaired) electrons. The zero-order chi connectivity index (χ0) is 15.0. The lowest BCUT2D eigenvalue weighted by atomic mass is 9.68. The van der Waals surface area contributed by atoms with Crippen molar-refractivity contribution in [3.63, 3.8) is 0 Å². The molecule has 108 valence electrons. The van der Waals surface area contributed by atoms with Gasteiger partial charge in [-0.2, -0.15) is 0 Å². The number of hydrogen-bond acceptors (Lipinski definition) is 3. The number of halogens is 1. The summed E-state index contributed by atoms with van der Waals surface area (Å²) in [6.45, 7) is 6.33. The summed E-state index contributed by atoms with van der Waals surface area (Å²) in [5.41, 5.74) is -1.15. The molecule has 6 heteroatoms. The molecule has 2 rings (SSSR count). The molecule has 0 bridgehead atoms. The van der Waals surface area contributed by atoms with E-state index in [1.807, 2.05) is 32.9 Å². The quantitative estimate of drug-likeness (QED) is 0.807. The second-order valence-corrected chi connectivity index (χ2v) is 6.34. The average Bonchev–Trinajstić information content (AvgIpc) is 2.38. The largest absolute Gasteiger partial charge is 0.465 e. The van der Waals surface area contributed by atoms with Gasteiger partial charge in [0.1, 0.15) is 5.54 Å². The van der Waals surface area contributed by atoms with Gasteiger partial charge in [0, 0.05) is 18.9 Å². The molecule has 0 saturated carbocycles. The Balaban J connectivity index is 2.64. The van der Waals surface area contributed by atoms with Crippen molar-refractivity contribution < 1.29 is 9.90 Å². The van der Waals surface area contributed by atoms with E-state index in [1.165, 1.54) is 17.3 Å². The summed E-state index contributed by atoms with van der Waals surface area (Å²) >= 11 is 5.84. The van der Waals surface area contributed by atoms with Crippen molar-refractivity contribution in [1.29, 1.82) is 0 Å². The molecule has 1 aromatic heterocycles. The lowest BCUT2D eigenvalue weighted by Gasteiger charge is -2.50. The van der Waals surface area contributed by atoms with Gasteiger partial charge in [0.15, 0.2) is 5.82 Å². The first-order valence-corrected chi connectivity index (χ1v) is 6.80. The number of aromatic nitrogens is 2. The van der Waals surface area contributed by atoms with Gasteiger partial charge in [0.25, 0.3) is 0 Å². The monoisotopic (exact) mass is 295 g/mol. The maximum Gasteiger partial charge on any atom is 0.408 e. The van der Waals surface area contributed by atoms with Crippen LogP contribution >= 0.6 is 11.6 Å². The van der Waals surface area contributed by atoms with Gasteiger partial charge < -0.3 is 5.11 Å². The Kier molecular flexibility index (Phi) is 3.73. The van der Waals surface area contributed by atoms with Crippen LogP contribution < -0.4 is 0 Å². The van der Waals surface area contributed by atoms with Crippen molar-refractivity contribution in [2.45, 2.75) is 32.7 Å². The Morgan fingerprint density at radius 3 is 2.45 bits per heavy atom. The van der Waals surface area contributed by atoms with Gasteiger partial charge in [-0.05, 0) is 11.8 Å². The van der Waals surface area contributed by atoms with Crippen LogP contribution in [0.2, 0.25) is 5.02 Å². The zero-order valence-corrected chi connectivity index (χ0v) is 12.6. The molecule has 0 aromatic carbocycles. The van der Waals surface area contributed by atoms with E-state index in [0.717, 1.165) is 0 Å².